The molecule has 6 nitrogen and oxygen atoms in total. The molecule has 35 heavy (non-hydrogen) atoms. The Bertz CT molecular complexity index is 1470. The molecule has 3 N–H and O–H groups in total. The highest BCUT2D eigenvalue weighted by molar-refractivity contribution is 6.01. The molecule has 1 aromatic heterocycles. The summed E-state index contributed by atoms with van der Waals surface area (Å²) in [7, 11) is 0. The second kappa shape index (κ2) is 8.98. The summed E-state index contributed by atoms with van der Waals surface area (Å²) in [4.78, 5) is 30.4. The van der Waals surface area contributed by atoms with Crippen molar-refractivity contribution in [2.75, 3.05) is 4.90 Å². The van der Waals surface area contributed by atoms with Crippen LogP contribution in [0.2, 0.25) is 0 Å². The van der Waals surface area contributed by atoms with Gasteiger partial charge >= 0.3 is 0 Å². The van der Waals surface area contributed by atoms with Crippen molar-refractivity contribution in [2.45, 2.75) is 13.1 Å². The highest BCUT2D eigenvalue weighted by atomic mass is 19.2. The minimum atomic E-state index is -0.968. The molecule has 2 amide bonds. The standard InChI is InChI=1S/C27H20F2N4O2/c28-23-10-9-16(12-24(23)29)15-33(26-21(25(30)34)8-3-11-31-26)18-5-1-4-17(13-18)19-6-2-7-20-22(19)14-32-27(20)35/h1-13H,14-15H2,(H2,30,34)(H,32,35). The maximum Gasteiger partial charge on any atom is 0.252 e. The number of amides is 2. The maximum atomic E-state index is 14.0. The number of rotatable bonds is 6. The zero-order chi connectivity index (χ0) is 24.5. The third kappa shape index (κ3) is 4.21. The molecule has 0 unspecified atom stereocenters. The molecule has 3 aromatic carbocycles. The number of pyridine rings is 1. The molecule has 174 valence electrons. The third-order valence-electron chi connectivity index (χ3n) is 5.95. The molecule has 0 saturated heterocycles. The molecule has 8 heteroatoms. The molecular weight excluding hydrogens is 450 g/mol. The van der Waals surface area contributed by atoms with Crippen molar-refractivity contribution in [3.63, 3.8) is 0 Å². The molecule has 1 aliphatic heterocycles. The molecule has 0 radical (unpaired) electrons. The number of carbonyl (C=O) groups excluding carboxylic acids is 2. The van der Waals surface area contributed by atoms with Crippen molar-refractivity contribution in [3.8, 4) is 11.1 Å². The number of hydrogen-bond donors (Lipinski definition) is 2. The van der Waals surface area contributed by atoms with Gasteiger partial charge in [-0.2, -0.15) is 0 Å². The summed E-state index contributed by atoms with van der Waals surface area (Å²) in [5.74, 6) is -2.40. The molecule has 0 saturated carbocycles. The number of halogens is 2. The van der Waals surface area contributed by atoms with Gasteiger partial charge in [-0.05, 0) is 64.7 Å². The van der Waals surface area contributed by atoms with Crippen LogP contribution in [0.15, 0.2) is 79.0 Å². The van der Waals surface area contributed by atoms with Gasteiger partial charge in [-0.15, -0.1) is 0 Å². The number of benzene rings is 3. The van der Waals surface area contributed by atoms with Crippen LogP contribution in [0.5, 0.6) is 0 Å². The summed E-state index contributed by atoms with van der Waals surface area (Å²) in [5.41, 5.74) is 10.2. The normalized spacial score (nSPS) is 12.2. The number of hydrogen-bond acceptors (Lipinski definition) is 4. The molecule has 0 fully saturated rings. The van der Waals surface area contributed by atoms with Crippen molar-refractivity contribution < 1.29 is 18.4 Å². The SMILES string of the molecule is NC(=O)c1cccnc1N(Cc1ccc(F)c(F)c1)c1cccc(-c2cccc3c2CNC3=O)c1. The lowest BCUT2D eigenvalue weighted by Gasteiger charge is -2.26. The lowest BCUT2D eigenvalue weighted by molar-refractivity contribution is 0.0964. The van der Waals surface area contributed by atoms with Crippen molar-refractivity contribution in [2.24, 2.45) is 5.73 Å². The van der Waals surface area contributed by atoms with Gasteiger partial charge in [0.05, 0.1) is 5.56 Å². The summed E-state index contributed by atoms with van der Waals surface area (Å²) >= 11 is 0. The van der Waals surface area contributed by atoms with E-state index in [9.17, 15) is 18.4 Å². The van der Waals surface area contributed by atoms with E-state index in [0.717, 1.165) is 28.8 Å². The van der Waals surface area contributed by atoms with Crippen molar-refractivity contribution in [1.29, 1.82) is 0 Å². The van der Waals surface area contributed by atoms with E-state index >= 15 is 0 Å². The van der Waals surface area contributed by atoms with Crippen LogP contribution in [-0.4, -0.2) is 16.8 Å². The van der Waals surface area contributed by atoms with Gasteiger partial charge in [0.15, 0.2) is 11.6 Å². The van der Waals surface area contributed by atoms with Gasteiger partial charge in [-0.3, -0.25) is 9.59 Å². The van der Waals surface area contributed by atoms with Crippen LogP contribution < -0.4 is 16.0 Å². The molecule has 0 aliphatic carbocycles. The second-order valence-electron chi connectivity index (χ2n) is 8.14. The van der Waals surface area contributed by atoms with Crippen molar-refractivity contribution in [1.82, 2.24) is 10.3 Å². The van der Waals surface area contributed by atoms with Crippen molar-refractivity contribution in [3.05, 3.63) is 113 Å². The zero-order valence-electron chi connectivity index (χ0n) is 18.5. The minimum absolute atomic E-state index is 0.102. The van der Waals surface area contributed by atoms with E-state index in [1.807, 2.05) is 36.4 Å². The second-order valence-corrected chi connectivity index (χ2v) is 8.14. The van der Waals surface area contributed by atoms with Gasteiger partial charge in [0.1, 0.15) is 5.82 Å². The van der Waals surface area contributed by atoms with E-state index in [-0.39, 0.29) is 23.8 Å². The maximum absolute atomic E-state index is 14.0. The molecule has 0 spiro atoms. The fraction of sp³-hybridized carbons (Fsp3) is 0.0741. The topological polar surface area (TPSA) is 88.3 Å². The molecule has 4 aromatic rings. The van der Waals surface area contributed by atoms with Crippen LogP contribution in [0.1, 0.15) is 31.8 Å². The first kappa shape index (κ1) is 22.2. The van der Waals surface area contributed by atoms with E-state index in [4.69, 9.17) is 5.73 Å². The molecule has 0 atom stereocenters. The largest absolute Gasteiger partial charge is 0.365 e. The predicted octanol–water partition coefficient (Wildman–Crippen LogP) is 4.71. The Hall–Kier alpha value is -4.59. The van der Waals surface area contributed by atoms with E-state index in [1.54, 1.807) is 23.1 Å². The van der Waals surface area contributed by atoms with Crippen molar-refractivity contribution >= 4 is 23.3 Å². The number of nitrogens with one attached hydrogen (secondary N) is 1. The zero-order valence-corrected chi connectivity index (χ0v) is 18.5. The molecular formula is C27H20F2N4O2. The highest BCUT2D eigenvalue weighted by Crippen LogP contribution is 2.35. The number of fused-ring (bicyclic) bond motifs is 1. The summed E-state index contributed by atoms with van der Waals surface area (Å²) < 4.78 is 27.5. The first-order valence-corrected chi connectivity index (χ1v) is 10.9. The van der Waals surface area contributed by atoms with Crippen LogP contribution >= 0.6 is 0 Å². The van der Waals surface area contributed by atoms with Crippen LogP contribution in [0.25, 0.3) is 11.1 Å². The Morgan fingerprint density at radius 2 is 1.77 bits per heavy atom. The molecule has 0 bridgehead atoms. The quantitative estimate of drug-likeness (QED) is 0.427. The lowest BCUT2D eigenvalue weighted by Crippen LogP contribution is -2.23. The van der Waals surface area contributed by atoms with Gasteiger partial charge in [0, 0.05) is 30.5 Å². The van der Waals surface area contributed by atoms with Crippen LogP contribution in [0.3, 0.4) is 0 Å². The van der Waals surface area contributed by atoms with Gasteiger partial charge < -0.3 is 16.0 Å². The fourth-order valence-corrected chi connectivity index (χ4v) is 4.28. The van der Waals surface area contributed by atoms with Gasteiger partial charge in [-0.1, -0.05) is 30.3 Å². The molecule has 1 aliphatic rings. The number of aromatic nitrogens is 1. The summed E-state index contributed by atoms with van der Waals surface area (Å²) in [5, 5.41) is 2.84. The van der Waals surface area contributed by atoms with Gasteiger partial charge in [-0.25, -0.2) is 13.8 Å². The Kier molecular flexibility index (Phi) is 5.70. The van der Waals surface area contributed by atoms with Crippen LogP contribution in [0.4, 0.5) is 20.3 Å². The van der Waals surface area contributed by atoms with E-state index in [1.165, 1.54) is 12.3 Å². The lowest BCUT2D eigenvalue weighted by atomic mass is 9.96. The minimum Gasteiger partial charge on any atom is -0.365 e. The first-order chi connectivity index (χ1) is 16.9. The number of carbonyl (C=O) groups is 2. The monoisotopic (exact) mass is 470 g/mol. The van der Waals surface area contributed by atoms with Gasteiger partial charge in [0.2, 0.25) is 0 Å². The predicted molar refractivity (Wildman–Crippen MR) is 128 cm³/mol. The summed E-state index contributed by atoms with van der Waals surface area (Å²) in [6.07, 6.45) is 1.53. The van der Waals surface area contributed by atoms with Gasteiger partial charge in [0.25, 0.3) is 11.8 Å². The number of nitrogens with zero attached hydrogens (tertiary/aromatic N) is 2. The Morgan fingerprint density at radius 3 is 2.57 bits per heavy atom. The number of primary amides is 1. The Labute approximate surface area is 200 Å². The average Bonchev–Trinajstić information content (AvgIpc) is 3.25. The third-order valence-corrected chi connectivity index (χ3v) is 5.95. The molecule has 5 rings (SSSR count). The number of anilines is 2. The van der Waals surface area contributed by atoms with E-state index in [0.29, 0.717) is 23.4 Å². The summed E-state index contributed by atoms with van der Waals surface area (Å²) in [6, 6.07) is 19.9. The average molecular weight is 470 g/mol. The Morgan fingerprint density at radius 1 is 0.971 bits per heavy atom. The fourth-order valence-electron chi connectivity index (χ4n) is 4.28. The van der Waals surface area contributed by atoms with Crippen LogP contribution in [-0.2, 0) is 13.1 Å². The molecule has 2 heterocycles. The van der Waals surface area contributed by atoms with E-state index < -0.39 is 17.5 Å². The summed E-state index contributed by atoms with van der Waals surface area (Å²) in [6.45, 7) is 0.532. The van der Waals surface area contributed by atoms with Crippen LogP contribution in [0, 0.1) is 11.6 Å². The first-order valence-electron chi connectivity index (χ1n) is 10.9. The number of nitrogens with two attached hydrogens (primary N) is 1. The Balaban J connectivity index is 1.63. The highest BCUT2D eigenvalue weighted by Gasteiger charge is 2.23. The van der Waals surface area contributed by atoms with E-state index in [2.05, 4.69) is 10.3 Å². The smallest absolute Gasteiger partial charge is 0.252 e.